The summed E-state index contributed by atoms with van der Waals surface area (Å²) in [5, 5.41) is 8.59. The van der Waals surface area contributed by atoms with E-state index in [4.69, 9.17) is 5.11 Å². The van der Waals surface area contributed by atoms with Gasteiger partial charge in [-0.25, -0.2) is 4.79 Å². The molecule has 1 N–H and O–H groups in total. The van der Waals surface area contributed by atoms with Crippen LogP contribution < -0.4 is 0 Å². The minimum absolute atomic E-state index is 0.000196. The number of aliphatic carboxylic acids is 1. The average molecular weight is 272 g/mol. The van der Waals surface area contributed by atoms with Crippen molar-refractivity contribution in [3.05, 3.63) is 0 Å². The number of carboxylic acids is 1. The Morgan fingerprint density at radius 1 is 1.16 bits per heavy atom. The Bertz CT molecular complexity index is 278. The Kier molecular flexibility index (Phi) is 9.00. The fraction of sp³-hybridized carbons (Fsp3) is 0.857. The number of rotatable bonds is 9. The van der Waals surface area contributed by atoms with Crippen LogP contribution in [-0.2, 0) is 4.79 Å². The van der Waals surface area contributed by atoms with Gasteiger partial charge in [-0.15, -0.1) is 0 Å². The SMILES string of the molecule is CCC(CC)CN(CC)C(=O)N(C)CCCC(=O)O. The zero-order valence-electron chi connectivity index (χ0n) is 12.7. The molecule has 0 atom stereocenters. The fourth-order valence-electron chi connectivity index (χ4n) is 2.01. The Morgan fingerprint density at radius 2 is 1.74 bits per heavy atom. The van der Waals surface area contributed by atoms with Gasteiger partial charge in [0.2, 0.25) is 0 Å². The van der Waals surface area contributed by atoms with Crippen LogP contribution in [0.1, 0.15) is 46.5 Å². The van der Waals surface area contributed by atoms with Gasteiger partial charge in [0.1, 0.15) is 0 Å². The number of carbonyl (C=O) groups excluding carboxylic acids is 1. The van der Waals surface area contributed by atoms with Crippen molar-refractivity contribution >= 4 is 12.0 Å². The van der Waals surface area contributed by atoms with Gasteiger partial charge >= 0.3 is 12.0 Å². The Balaban J connectivity index is 4.28. The van der Waals surface area contributed by atoms with E-state index in [2.05, 4.69) is 13.8 Å². The normalized spacial score (nSPS) is 10.6. The number of amides is 2. The number of hydrogen-bond donors (Lipinski definition) is 1. The van der Waals surface area contributed by atoms with Crippen molar-refractivity contribution < 1.29 is 14.7 Å². The van der Waals surface area contributed by atoms with Gasteiger partial charge in [-0.3, -0.25) is 4.79 Å². The summed E-state index contributed by atoms with van der Waals surface area (Å²) in [5.74, 6) is -0.276. The number of nitrogens with zero attached hydrogens (tertiary/aromatic N) is 2. The summed E-state index contributed by atoms with van der Waals surface area (Å²) in [7, 11) is 1.74. The van der Waals surface area contributed by atoms with E-state index in [0.717, 1.165) is 19.4 Å². The summed E-state index contributed by atoms with van der Waals surface area (Å²) in [6.45, 7) is 8.23. The van der Waals surface area contributed by atoms with E-state index in [1.165, 1.54) is 0 Å². The minimum atomic E-state index is -0.815. The fourth-order valence-corrected chi connectivity index (χ4v) is 2.01. The predicted molar refractivity (Wildman–Crippen MR) is 76.2 cm³/mol. The van der Waals surface area contributed by atoms with E-state index in [1.807, 2.05) is 11.8 Å². The largest absolute Gasteiger partial charge is 0.481 e. The molecule has 0 aromatic heterocycles. The second kappa shape index (κ2) is 9.64. The van der Waals surface area contributed by atoms with Gasteiger partial charge in [0.25, 0.3) is 0 Å². The first-order valence-electron chi connectivity index (χ1n) is 7.17. The first kappa shape index (κ1) is 17.7. The molecule has 0 fully saturated rings. The molecule has 0 bridgehead atoms. The topological polar surface area (TPSA) is 60.9 Å². The van der Waals surface area contributed by atoms with Crippen LogP contribution in [0, 0.1) is 5.92 Å². The monoisotopic (exact) mass is 272 g/mol. The summed E-state index contributed by atoms with van der Waals surface area (Å²) >= 11 is 0. The van der Waals surface area contributed by atoms with Gasteiger partial charge in [0.15, 0.2) is 0 Å². The second-order valence-corrected chi connectivity index (χ2v) is 4.92. The van der Waals surface area contributed by atoms with E-state index >= 15 is 0 Å². The summed E-state index contributed by atoms with van der Waals surface area (Å²) in [4.78, 5) is 26.1. The molecule has 5 heteroatoms. The maximum absolute atomic E-state index is 12.2. The summed E-state index contributed by atoms with van der Waals surface area (Å²) in [6.07, 6.45) is 2.75. The van der Waals surface area contributed by atoms with Crippen LogP contribution in [0.3, 0.4) is 0 Å². The molecule has 0 saturated heterocycles. The van der Waals surface area contributed by atoms with Crippen molar-refractivity contribution in [1.29, 1.82) is 0 Å². The number of carbonyl (C=O) groups is 2. The third-order valence-corrected chi connectivity index (χ3v) is 3.50. The Hall–Kier alpha value is -1.26. The van der Waals surface area contributed by atoms with Crippen LogP contribution in [0.25, 0.3) is 0 Å². The molecule has 0 unspecified atom stereocenters. The quantitative estimate of drug-likeness (QED) is 0.702. The van der Waals surface area contributed by atoms with Crippen molar-refractivity contribution in [2.24, 2.45) is 5.92 Å². The minimum Gasteiger partial charge on any atom is -0.481 e. The van der Waals surface area contributed by atoms with Gasteiger partial charge < -0.3 is 14.9 Å². The highest BCUT2D eigenvalue weighted by molar-refractivity contribution is 5.74. The van der Waals surface area contributed by atoms with Gasteiger partial charge in [0, 0.05) is 33.1 Å². The van der Waals surface area contributed by atoms with Gasteiger partial charge in [-0.1, -0.05) is 26.7 Å². The molecule has 0 saturated carbocycles. The highest BCUT2D eigenvalue weighted by Gasteiger charge is 2.19. The van der Waals surface area contributed by atoms with E-state index in [0.29, 0.717) is 25.4 Å². The molecule has 112 valence electrons. The lowest BCUT2D eigenvalue weighted by atomic mass is 10.0. The van der Waals surface area contributed by atoms with Crippen molar-refractivity contribution in [3.63, 3.8) is 0 Å². The number of carboxylic acid groups (broad SMARTS) is 1. The van der Waals surface area contributed by atoms with Crippen molar-refractivity contribution in [3.8, 4) is 0 Å². The van der Waals surface area contributed by atoms with E-state index in [9.17, 15) is 9.59 Å². The molecular formula is C14H28N2O3. The van der Waals surface area contributed by atoms with E-state index < -0.39 is 5.97 Å². The molecule has 0 radical (unpaired) electrons. The van der Waals surface area contributed by atoms with E-state index in [1.54, 1.807) is 11.9 Å². The van der Waals surface area contributed by atoms with Crippen LogP contribution in [0.2, 0.25) is 0 Å². The third-order valence-electron chi connectivity index (χ3n) is 3.50. The molecule has 0 aromatic carbocycles. The maximum atomic E-state index is 12.2. The first-order chi connectivity index (χ1) is 8.96. The predicted octanol–water partition coefficient (Wildman–Crippen LogP) is 2.66. The lowest BCUT2D eigenvalue weighted by Gasteiger charge is -2.30. The van der Waals surface area contributed by atoms with Crippen LogP contribution >= 0.6 is 0 Å². The number of urea groups is 1. The molecule has 0 aromatic rings. The molecule has 5 nitrogen and oxygen atoms in total. The van der Waals surface area contributed by atoms with Crippen LogP contribution in [0.15, 0.2) is 0 Å². The molecule has 19 heavy (non-hydrogen) atoms. The molecule has 0 aliphatic carbocycles. The maximum Gasteiger partial charge on any atom is 0.319 e. The zero-order chi connectivity index (χ0) is 14.8. The van der Waals surface area contributed by atoms with Gasteiger partial charge in [-0.2, -0.15) is 0 Å². The third kappa shape index (κ3) is 7.03. The molecule has 0 aliphatic rings. The van der Waals surface area contributed by atoms with Crippen molar-refractivity contribution in [1.82, 2.24) is 9.80 Å². The Morgan fingerprint density at radius 3 is 2.16 bits per heavy atom. The Labute approximate surface area is 116 Å². The first-order valence-corrected chi connectivity index (χ1v) is 7.17. The van der Waals surface area contributed by atoms with Gasteiger partial charge in [0.05, 0.1) is 0 Å². The summed E-state index contributed by atoms with van der Waals surface area (Å²) in [6, 6.07) is -0.000196. The van der Waals surface area contributed by atoms with Crippen molar-refractivity contribution in [2.75, 3.05) is 26.7 Å². The van der Waals surface area contributed by atoms with Crippen molar-refractivity contribution in [2.45, 2.75) is 46.5 Å². The number of hydrogen-bond acceptors (Lipinski definition) is 2. The lowest BCUT2D eigenvalue weighted by Crippen LogP contribution is -2.43. The summed E-state index contributed by atoms with van der Waals surface area (Å²) in [5.41, 5.74) is 0. The highest BCUT2D eigenvalue weighted by atomic mass is 16.4. The van der Waals surface area contributed by atoms with Crippen LogP contribution in [0.5, 0.6) is 0 Å². The molecule has 0 rings (SSSR count). The van der Waals surface area contributed by atoms with Crippen LogP contribution in [-0.4, -0.2) is 53.6 Å². The second-order valence-electron chi connectivity index (χ2n) is 4.92. The zero-order valence-corrected chi connectivity index (χ0v) is 12.7. The molecule has 2 amide bonds. The molecule has 0 heterocycles. The molecular weight excluding hydrogens is 244 g/mol. The smallest absolute Gasteiger partial charge is 0.319 e. The van der Waals surface area contributed by atoms with Crippen LogP contribution in [0.4, 0.5) is 4.79 Å². The lowest BCUT2D eigenvalue weighted by molar-refractivity contribution is -0.137. The standard InChI is InChI=1S/C14H28N2O3/c1-5-12(6-2)11-16(7-3)14(19)15(4)10-8-9-13(17)18/h12H,5-11H2,1-4H3,(H,17,18). The molecule has 0 aliphatic heterocycles. The van der Waals surface area contributed by atoms with E-state index in [-0.39, 0.29) is 12.5 Å². The average Bonchev–Trinajstić information content (AvgIpc) is 2.39. The van der Waals surface area contributed by atoms with Gasteiger partial charge in [-0.05, 0) is 19.3 Å². The highest BCUT2D eigenvalue weighted by Crippen LogP contribution is 2.11. The molecule has 0 spiro atoms. The summed E-state index contributed by atoms with van der Waals surface area (Å²) < 4.78 is 0.